The Morgan fingerprint density at radius 3 is 2.80 bits per heavy atom. The number of fused-ring (bicyclic) bond motifs is 1. The summed E-state index contributed by atoms with van der Waals surface area (Å²) in [6, 6.07) is 13.4. The van der Waals surface area contributed by atoms with Gasteiger partial charge in [-0.05, 0) is 36.1 Å². The van der Waals surface area contributed by atoms with E-state index in [0.29, 0.717) is 10.8 Å². The van der Waals surface area contributed by atoms with Crippen molar-refractivity contribution in [3.05, 3.63) is 71.6 Å². The number of hydrogen-bond donors (Lipinski definition) is 2. The zero-order valence-electron chi connectivity index (χ0n) is 16.5. The monoisotopic (exact) mass is 437 g/mol. The molecule has 6 nitrogen and oxygen atoms in total. The van der Waals surface area contributed by atoms with Gasteiger partial charge in [0.2, 0.25) is 5.91 Å². The third kappa shape index (κ3) is 4.13. The number of anilines is 2. The first-order valence-electron chi connectivity index (χ1n) is 9.31. The highest BCUT2D eigenvalue weighted by Gasteiger charge is 2.13. The molecule has 0 spiro atoms. The Labute approximate surface area is 183 Å². The fraction of sp³-hybridized carbons (Fsp3) is 0.136. The van der Waals surface area contributed by atoms with Crippen molar-refractivity contribution in [2.75, 3.05) is 23.9 Å². The van der Waals surface area contributed by atoms with Gasteiger partial charge in [0.05, 0.1) is 18.3 Å². The number of nitrogens with zero attached hydrogens (tertiary/aromatic N) is 3. The van der Waals surface area contributed by atoms with E-state index in [-0.39, 0.29) is 12.3 Å². The lowest BCUT2D eigenvalue weighted by Crippen LogP contribution is -2.14. The quantitative estimate of drug-likeness (QED) is 0.415. The molecule has 4 rings (SSSR count). The van der Waals surface area contributed by atoms with Crippen molar-refractivity contribution in [3.8, 4) is 11.3 Å². The lowest BCUT2D eigenvalue weighted by Gasteiger charge is -2.11. The number of thioether (sulfide) groups is 1. The predicted octanol–water partition coefficient (Wildman–Crippen LogP) is 4.99. The Balaban J connectivity index is 1.66. The first-order valence-corrected chi connectivity index (χ1v) is 10.9. The van der Waals surface area contributed by atoms with E-state index < -0.39 is 0 Å². The third-order valence-corrected chi connectivity index (χ3v) is 5.77. The Morgan fingerprint density at radius 2 is 2.03 bits per heavy atom. The molecule has 2 heterocycles. The Kier molecular flexibility index (Phi) is 5.92. The van der Waals surface area contributed by atoms with Gasteiger partial charge in [-0.1, -0.05) is 29.8 Å². The van der Waals surface area contributed by atoms with Crippen LogP contribution in [0.5, 0.6) is 0 Å². The molecule has 2 aromatic heterocycles. The second-order valence-corrected chi connectivity index (χ2v) is 7.92. The molecule has 0 radical (unpaired) electrons. The van der Waals surface area contributed by atoms with Crippen LogP contribution in [-0.2, 0) is 11.2 Å². The van der Waals surface area contributed by atoms with E-state index in [0.717, 1.165) is 33.1 Å². The summed E-state index contributed by atoms with van der Waals surface area (Å²) < 4.78 is 1.98. The highest BCUT2D eigenvalue weighted by Crippen LogP contribution is 2.30. The summed E-state index contributed by atoms with van der Waals surface area (Å²) >= 11 is 7.80. The Bertz CT molecular complexity index is 1220. The van der Waals surface area contributed by atoms with Gasteiger partial charge in [-0.15, -0.1) is 11.8 Å². The average molecular weight is 438 g/mol. The van der Waals surface area contributed by atoms with Gasteiger partial charge in [0.15, 0.2) is 11.5 Å². The van der Waals surface area contributed by atoms with Gasteiger partial charge in [-0.2, -0.15) is 0 Å². The highest BCUT2D eigenvalue weighted by atomic mass is 35.5. The number of hydrogen-bond acceptors (Lipinski definition) is 5. The summed E-state index contributed by atoms with van der Waals surface area (Å²) in [5, 5.41) is 6.64. The van der Waals surface area contributed by atoms with Crippen LogP contribution in [0.3, 0.4) is 0 Å². The van der Waals surface area contributed by atoms with Gasteiger partial charge in [0.25, 0.3) is 0 Å². The predicted molar refractivity (Wildman–Crippen MR) is 124 cm³/mol. The molecule has 0 unspecified atom stereocenters. The molecule has 0 saturated carbocycles. The molecule has 2 aromatic carbocycles. The van der Waals surface area contributed by atoms with E-state index in [1.165, 1.54) is 0 Å². The van der Waals surface area contributed by atoms with Gasteiger partial charge in [-0.3, -0.25) is 9.20 Å². The molecule has 0 atom stereocenters. The van der Waals surface area contributed by atoms with E-state index in [2.05, 4.69) is 26.7 Å². The summed E-state index contributed by atoms with van der Waals surface area (Å²) in [6.45, 7) is 0. The fourth-order valence-corrected chi connectivity index (χ4v) is 3.96. The number of rotatable bonds is 6. The smallest absolute Gasteiger partial charge is 0.228 e. The molecule has 8 heteroatoms. The maximum Gasteiger partial charge on any atom is 0.228 e. The Morgan fingerprint density at radius 1 is 1.20 bits per heavy atom. The largest absolute Gasteiger partial charge is 0.370 e. The molecular weight excluding hydrogens is 418 g/mol. The van der Waals surface area contributed by atoms with Crippen LogP contribution in [0.15, 0.2) is 66.0 Å². The van der Waals surface area contributed by atoms with Crippen LogP contribution in [0.4, 0.5) is 11.5 Å². The number of nitrogens with one attached hydrogen (secondary N) is 2. The molecule has 152 valence electrons. The lowest BCUT2D eigenvalue weighted by molar-refractivity contribution is -0.115. The van der Waals surface area contributed by atoms with Gasteiger partial charge in [0.1, 0.15) is 0 Å². The Hall–Kier alpha value is -3.03. The zero-order valence-corrected chi connectivity index (χ0v) is 18.1. The number of amides is 1. The fourth-order valence-electron chi connectivity index (χ4n) is 3.27. The number of carbonyl (C=O) groups is 1. The van der Waals surface area contributed by atoms with Gasteiger partial charge >= 0.3 is 0 Å². The van der Waals surface area contributed by atoms with Crippen LogP contribution in [-0.4, -0.2) is 33.6 Å². The minimum Gasteiger partial charge on any atom is -0.370 e. The first kappa shape index (κ1) is 20.3. The van der Waals surface area contributed by atoms with Gasteiger partial charge < -0.3 is 10.6 Å². The zero-order chi connectivity index (χ0) is 21.1. The van der Waals surface area contributed by atoms with E-state index >= 15 is 0 Å². The minimum atomic E-state index is -0.118. The van der Waals surface area contributed by atoms with Crippen molar-refractivity contribution < 1.29 is 4.79 Å². The van der Waals surface area contributed by atoms with Crippen molar-refractivity contribution in [2.45, 2.75) is 11.3 Å². The summed E-state index contributed by atoms with van der Waals surface area (Å²) in [5.41, 5.74) is 4.14. The molecule has 0 aliphatic heterocycles. The summed E-state index contributed by atoms with van der Waals surface area (Å²) in [7, 11) is 1.82. The molecule has 30 heavy (non-hydrogen) atoms. The van der Waals surface area contributed by atoms with Gasteiger partial charge in [0, 0.05) is 40.6 Å². The molecular formula is C22H20ClN5OS. The standard InChI is InChI=1S/C22H20ClN5OS/c1-24-21-22-26-13-19(28(22)8-7-25-21)15-9-16(12-17(10-15)30-2)27-20(29)11-14-5-3-4-6-18(14)23/h3-10,12-13H,11H2,1-2H3,(H,24,25)(H,27,29). The number of aromatic nitrogens is 3. The molecule has 0 saturated heterocycles. The van der Waals surface area contributed by atoms with Crippen molar-refractivity contribution in [3.63, 3.8) is 0 Å². The third-order valence-electron chi connectivity index (χ3n) is 4.70. The number of halogens is 1. The summed E-state index contributed by atoms with van der Waals surface area (Å²) in [5.74, 6) is 0.588. The van der Waals surface area contributed by atoms with Crippen molar-refractivity contribution in [1.82, 2.24) is 14.4 Å². The topological polar surface area (TPSA) is 71.3 Å². The van der Waals surface area contributed by atoms with Crippen molar-refractivity contribution in [1.29, 1.82) is 0 Å². The molecule has 0 aliphatic carbocycles. The molecule has 1 amide bonds. The maximum absolute atomic E-state index is 12.6. The van der Waals surface area contributed by atoms with Crippen molar-refractivity contribution >= 4 is 46.4 Å². The SMILES string of the molecule is CNc1nccn2c(-c3cc(NC(=O)Cc4ccccc4Cl)cc(SC)c3)cnc12. The van der Waals surface area contributed by atoms with E-state index in [9.17, 15) is 4.79 Å². The van der Waals surface area contributed by atoms with E-state index in [4.69, 9.17) is 11.6 Å². The maximum atomic E-state index is 12.6. The number of carbonyl (C=O) groups excluding carboxylic acids is 1. The van der Waals surface area contributed by atoms with E-state index in [1.807, 2.05) is 60.4 Å². The van der Waals surface area contributed by atoms with Crippen LogP contribution in [0.2, 0.25) is 5.02 Å². The first-order chi connectivity index (χ1) is 14.6. The van der Waals surface area contributed by atoms with Crippen LogP contribution < -0.4 is 10.6 Å². The highest BCUT2D eigenvalue weighted by molar-refractivity contribution is 7.98. The normalized spacial score (nSPS) is 10.9. The van der Waals surface area contributed by atoms with Crippen LogP contribution in [0.1, 0.15) is 5.56 Å². The van der Waals surface area contributed by atoms with Crippen LogP contribution in [0.25, 0.3) is 16.9 Å². The second kappa shape index (κ2) is 8.77. The summed E-state index contributed by atoms with van der Waals surface area (Å²) in [6.07, 6.45) is 7.64. The molecule has 2 N–H and O–H groups in total. The molecule has 0 aliphatic rings. The van der Waals surface area contributed by atoms with Crippen LogP contribution in [0, 0.1) is 0 Å². The second-order valence-electron chi connectivity index (χ2n) is 6.63. The van der Waals surface area contributed by atoms with Crippen LogP contribution >= 0.6 is 23.4 Å². The number of imidazole rings is 1. The minimum absolute atomic E-state index is 0.118. The average Bonchev–Trinajstić information content (AvgIpc) is 3.19. The van der Waals surface area contributed by atoms with Gasteiger partial charge in [-0.25, -0.2) is 9.97 Å². The lowest BCUT2D eigenvalue weighted by atomic mass is 10.1. The summed E-state index contributed by atoms with van der Waals surface area (Å²) in [4.78, 5) is 22.5. The molecule has 0 fully saturated rings. The van der Waals surface area contributed by atoms with E-state index in [1.54, 1.807) is 24.0 Å². The van der Waals surface area contributed by atoms with Crippen molar-refractivity contribution in [2.24, 2.45) is 0 Å². The number of benzene rings is 2. The molecule has 0 bridgehead atoms. The molecule has 4 aromatic rings.